The number of benzene rings is 3. The molecule has 0 saturated heterocycles. The fraction of sp³-hybridized carbons (Fsp3) is 0.375. The predicted octanol–water partition coefficient (Wildman–Crippen LogP) is 5.09. The van der Waals surface area contributed by atoms with Gasteiger partial charge in [-0.05, 0) is 60.2 Å². The van der Waals surface area contributed by atoms with Crippen molar-refractivity contribution in [2.75, 3.05) is 31.5 Å². The third-order valence-electron chi connectivity index (χ3n) is 6.87. The van der Waals surface area contributed by atoms with Crippen LogP contribution in [0.3, 0.4) is 0 Å². The summed E-state index contributed by atoms with van der Waals surface area (Å²) < 4.78 is 30.4. The lowest BCUT2D eigenvalue weighted by molar-refractivity contribution is -0.140. The first-order chi connectivity index (χ1) is 19.8. The summed E-state index contributed by atoms with van der Waals surface area (Å²) >= 11 is 3.45. The first kappa shape index (κ1) is 33.3. The summed E-state index contributed by atoms with van der Waals surface area (Å²) in [6.07, 6.45) is 0.275. The van der Waals surface area contributed by atoms with E-state index < -0.39 is 28.7 Å². The molecular weight excluding hydrogens is 616 g/mol. The molecule has 0 fully saturated rings. The van der Waals surface area contributed by atoms with Crippen LogP contribution in [-0.2, 0) is 32.8 Å². The summed E-state index contributed by atoms with van der Waals surface area (Å²) in [5.74, 6) is -0.552. The Balaban J connectivity index is 2.11. The Kier molecular flexibility index (Phi) is 11.7. The number of carbonyl (C=O) groups is 2. The second-order valence-corrected chi connectivity index (χ2v) is 14.1. The van der Waals surface area contributed by atoms with E-state index in [-0.39, 0.29) is 24.8 Å². The van der Waals surface area contributed by atoms with Gasteiger partial charge in [0.1, 0.15) is 12.6 Å². The number of amides is 2. The van der Waals surface area contributed by atoms with E-state index in [4.69, 9.17) is 0 Å². The number of rotatable bonds is 13. The van der Waals surface area contributed by atoms with Crippen molar-refractivity contribution in [3.05, 3.63) is 99.5 Å². The molecule has 0 bridgehead atoms. The van der Waals surface area contributed by atoms with Crippen LogP contribution in [0, 0.1) is 19.8 Å². The lowest BCUT2D eigenvalue weighted by Crippen LogP contribution is -2.54. The summed E-state index contributed by atoms with van der Waals surface area (Å²) in [4.78, 5) is 29.6. The minimum atomic E-state index is -4.05. The summed E-state index contributed by atoms with van der Waals surface area (Å²) in [6.45, 7) is 7.81. The second kappa shape index (κ2) is 14.8. The van der Waals surface area contributed by atoms with Crippen molar-refractivity contribution in [1.29, 1.82) is 0 Å². The summed E-state index contributed by atoms with van der Waals surface area (Å²) in [6, 6.07) is 21.7. The minimum absolute atomic E-state index is 0.126. The van der Waals surface area contributed by atoms with Crippen molar-refractivity contribution in [2.45, 2.75) is 46.7 Å². The lowest BCUT2D eigenvalue weighted by Gasteiger charge is -2.35. The standard InChI is InChI=1S/C32H41BrN4O4S/c1-23(2)20-34-32(39)30(19-26-10-8-7-9-11-26)36(21-27-14-16-28(33)17-15-27)31(38)22-37(42(40,41)35(5)6)29-18-24(3)12-13-25(29)4/h7-18,23,30H,19-22H2,1-6H3,(H,34,39)/t30-/m1/s1. The maximum atomic E-state index is 14.4. The van der Waals surface area contributed by atoms with E-state index in [1.165, 1.54) is 19.0 Å². The van der Waals surface area contributed by atoms with Crippen LogP contribution >= 0.6 is 15.9 Å². The van der Waals surface area contributed by atoms with Gasteiger partial charge >= 0.3 is 10.2 Å². The van der Waals surface area contributed by atoms with E-state index in [1.807, 2.05) is 94.4 Å². The summed E-state index contributed by atoms with van der Waals surface area (Å²) in [7, 11) is -1.17. The number of aryl methyl sites for hydroxylation is 2. The van der Waals surface area contributed by atoms with Crippen molar-refractivity contribution in [2.24, 2.45) is 5.92 Å². The van der Waals surface area contributed by atoms with Crippen LogP contribution in [-0.4, -0.2) is 62.7 Å². The van der Waals surface area contributed by atoms with Crippen LogP contribution < -0.4 is 9.62 Å². The number of nitrogens with zero attached hydrogens (tertiary/aromatic N) is 3. The molecule has 8 nitrogen and oxygen atoms in total. The zero-order valence-electron chi connectivity index (χ0n) is 25.2. The monoisotopic (exact) mass is 656 g/mol. The first-order valence-corrected chi connectivity index (χ1v) is 16.1. The lowest BCUT2D eigenvalue weighted by atomic mass is 10.0. The smallest absolute Gasteiger partial charge is 0.304 e. The Hall–Kier alpha value is -3.21. The van der Waals surface area contributed by atoms with E-state index in [0.29, 0.717) is 17.8 Å². The number of carbonyl (C=O) groups excluding carboxylic acids is 2. The van der Waals surface area contributed by atoms with Gasteiger partial charge in [0.05, 0.1) is 5.69 Å². The normalized spacial score (nSPS) is 12.3. The quantitative estimate of drug-likeness (QED) is 0.278. The molecule has 3 aromatic rings. The number of halogens is 1. The highest BCUT2D eigenvalue weighted by atomic mass is 79.9. The molecule has 3 rings (SSSR count). The molecule has 2 amide bonds. The van der Waals surface area contributed by atoms with Gasteiger partial charge in [-0.15, -0.1) is 0 Å². The zero-order chi connectivity index (χ0) is 31.0. The van der Waals surface area contributed by atoms with E-state index in [0.717, 1.165) is 29.8 Å². The molecule has 0 aliphatic heterocycles. The molecule has 226 valence electrons. The Morgan fingerprint density at radius 2 is 1.55 bits per heavy atom. The zero-order valence-corrected chi connectivity index (χ0v) is 27.6. The van der Waals surface area contributed by atoms with Crippen molar-refractivity contribution in [3.63, 3.8) is 0 Å². The van der Waals surface area contributed by atoms with E-state index in [2.05, 4.69) is 21.2 Å². The van der Waals surface area contributed by atoms with Gasteiger partial charge in [0, 0.05) is 38.1 Å². The highest BCUT2D eigenvalue weighted by molar-refractivity contribution is 9.10. The molecule has 1 atom stereocenters. The van der Waals surface area contributed by atoms with Gasteiger partial charge in [0.2, 0.25) is 11.8 Å². The second-order valence-electron chi connectivity index (χ2n) is 11.1. The molecule has 0 saturated carbocycles. The van der Waals surface area contributed by atoms with Gasteiger partial charge in [0.25, 0.3) is 0 Å². The van der Waals surface area contributed by atoms with Gasteiger partial charge < -0.3 is 10.2 Å². The van der Waals surface area contributed by atoms with Crippen molar-refractivity contribution in [1.82, 2.24) is 14.5 Å². The summed E-state index contributed by atoms with van der Waals surface area (Å²) in [5, 5.41) is 3.00. The van der Waals surface area contributed by atoms with Crippen LogP contribution in [0.5, 0.6) is 0 Å². The molecule has 42 heavy (non-hydrogen) atoms. The minimum Gasteiger partial charge on any atom is -0.354 e. The SMILES string of the molecule is Cc1ccc(C)c(N(CC(=O)N(Cc2ccc(Br)cc2)[C@H](Cc2ccccc2)C(=O)NCC(C)C)S(=O)(=O)N(C)C)c1. The van der Waals surface area contributed by atoms with Crippen molar-refractivity contribution >= 4 is 43.6 Å². The largest absolute Gasteiger partial charge is 0.354 e. The fourth-order valence-electron chi connectivity index (χ4n) is 4.45. The number of hydrogen-bond donors (Lipinski definition) is 1. The molecular formula is C32H41BrN4O4S. The highest BCUT2D eigenvalue weighted by Crippen LogP contribution is 2.26. The summed E-state index contributed by atoms with van der Waals surface area (Å²) in [5.41, 5.74) is 3.71. The highest BCUT2D eigenvalue weighted by Gasteiger charge is 2.35. The van der Waals surface area contributed by atoms with Gasteiger partial charge in [-0.1, -0.05) is 84.4 Å². The van der Waals surface area contributed by atoms with Crippen molar-refractivity contribution in [3.8, 4) is 0 Å². The van der Waals surface area contributed by atoms with Gasteiger partial charge in [-0.25, -0.2) is 4.31 Å². The van der Waals surface area contributed by atoms with Crippen LogP contribution in [0.4, 0.5) is 5.69 Å². The molecule has 0 spiro atoms. The van der Waals surface area contributed by atoms with E-state index in [9.17, 15) is 18.0 Å². The Morgan fingerprint density at radius 3 is 2.14 bits per heavy atom. The van der Waals surface area contributed by atoms with E-state index in [1.54, 1.807) is 6.07 Å². The Morgan fingerprint density at radius 1 is 0.905 bits per heavy atom. The molecule has 0 aromatic heterocycles. The number of anilines is 1. The topological polar surface area (TPSA) is 90.0 Å². The van der Waals surface area contributed by atoms with Crippen molar-refractivity contribution < 1.29 is 18.0 Å². The Labute approximate surface area is 259 Å². The molecule has 0 radical (unpaired) electrons. The van der Waals surface area contributed by atoms with Gasteiger partial charge in [-0.3, -0.25) is 9.59 Å². The maximum absolute atomic E-state index is 14.4. The van der Waals surface area contributed by atoms with Crippen LogP contribution in [0.15, 0.2) is 77.3 Å². The third kappa shape index (κ3) is 8.89. The molecule has 3 aromatic carbocycles. The predicted molar refractivity (Wildman–Crippen MR) is 172 cm³/mol. The Bertz CT molecular complexity index is 1460. The fourth-order valence-corrected chi connectivity index (χ4v) is 5.83. The first-order valence-electron chi connectivity index (χ1n) is 13.9. The molecule has 1 N–H and O–H groups in total. The molecule has 0 aliphatic rings. The molecule has 0 unspecified atom stereocenters. The molecule has 0 aliphatic carbocycles. The average Bonchev–Trinajstić information content (AvgIpc) is 2.95. The van der Waals surface area contributed by atoms with Crippen LogP contribution in [0.1, 0.15) is 36.1 Å². The molecule has 10 heteroatoms. The number of hydrogen-bond acceptors (Lipinski definition) is 4. The van der Waals surface area contributed by atoms with Crippen LogP contribution in [0.2, 0.25) is 0 Å². The van der Waals surface area contributed by atoms with E-state index >= 15 is 0 Å². The van der Waals surface area contributed by atoms with Gasteiger partial charge in [-0.2, -0.15) is 12.7 Å². The number of nitrogens with one attached hydrogen (secondary N) is 1. The third-order valence-corrected chi connectivity index (χ3v) is 9.21. The average molecular weight is 658 g/mol. The van der Waals surface area contributed by atoms with Gasteiger partial charge in [0.15, 0.2) is 0 Å². The van der Waals surface area contributed by atoms with Crippen LogP contribution in [0.25, 0.3) is 0 Å². The molecule has 0 heterocycles. The maximum Gasteiger partial charge on any atom is 0.304 e.